The smallest absolute Gasteiger partial charge is 0.147 e. The maximum atomic E-state index is 13.7. The number of para-hydroxylation sites is 1. The van der Waals surface area contributed by atoms with Gasteiger partial charge in [-0.25, -0.2) is 4.39 Å². The van der Waals surface area contributed by atoms with E-state index in [-0.39, 0.29) is 11.9 Å². The van der Waals surface area contributed by atoms with Gasteiger partial charge in [-0.1, -0.05) is 12.1 Å². The van der Waals surface area contributed by atoms with Crippen molar-refractivity contribution in [2.24, 2.45) is 5.73 Å². The molecule has 17 heavy (non-hydrogen) atoms. The van der Waals surface area contributed by atoms with E-state index in [4.69, 9.17) is 5.73 Å². The first-order valence-corrected chi connectivity index (χ1v) is 5.91. The van der Waals surface area contributed by atoms with Crippen LogP contribution in [0.5, 0.6) is 0 Å². The number of likely N-dealkylation sites (N-methyl/N-ethyl adjacent to an activating group) is 1. The molecule has 1 unspecified atom stereocenters. The molecule has 0 spiro atoms. The molecule has 1 aliphatic rings. The molecule has 1 aromatic heterocycles. The van der Waals surface area contributed by atoms with Crippen molar-refractivity contribution in [3.63, 3.8) is 0 Å². The molecule has 0 radical (unpaired) electrons. The first-order valence-electron chi connectivity index (χ1n) is 5.91. The van der Waals surface area contributed by atoms with Crippen LogP contribution in [0.4, 0.5) is 4.39 Å². The van der Waals surface area contributed by atoms with E-state index < -0.39 is 0 Å². The predicted octanol–water partition coefficient (Wildman–Crippen LogP) is 1.79. The lowest BCUT2D eigenvalue weighted by molar-refractivity contribution is 0.233. The van der Waals surface area contributed by atoms with E-state index in [0.717, 1.165) is 24.0 Å². The molecule has 1 atom stereocenters. The third kappa shape index (κ3) is 1.48. The van der Waals surface area contributed by atoms with Crippen molar-refractivity contribution in [1.29, 1.82) is 0 Å². The van der Waals surface area contributed by atoms with Crippen molar-refractivity contribution < 1.29 is 4.39 Å². The van der Waals surface area contributed by atoms with E-state index in [9.17, 15) is 4.39 Å². The van der Waals surface area contributed by atoms with Gasteiger partial charge < -0.3 is 10.7 Å². The van der Waals surface area contributed by atoms with Crippen LogP contribution in [0.3, 0.4) is 0 Å². The van der Waals surface area contributed by atoms with Crippen LogP contribution in [0.1, 0.15) is 17.3 Å². The summed E-state index contributed by atoms with van der Waals surface area (Å²) in [5.74, 6) is -0.185. The van der Waals surface area contributed by atoms with Crippen molar-refractivity contribution in [3.8, 4) is 0 Å². The summed E-state index contributed by atoms with van der Waals surface area (Å²) in [7, 11) is 2.06. The summed E-state index contributed by atoms with van der Waals surface area (Å²) in [6.45, 7) is 1.52. The van der Waals surface area contributed by atoms with E-state index in [1.807, 2.05) is 6.07 Å². The van der Waals surface area contributed by atoms with E-state index in [0.29, 0.717) is 12.1 Å². The number of nitrogens with zero attached hydrogens (tertiary/aromatic N) is 1. The fraction of sp³-hybridized carbons (Fsp3) is 0.385. The van der Waals surface area contributed by atoms with Crippen LogP contribution in [0.25, 0.3) is 10.9 Å². The molecule has 90 valence electrons. The van der Waals surface area contributed by atoms with Crippen LogP contribution < -0.4 is 5.73 Å². The first kappa shape index (κ1) is 10.7. The van der Waals surface area contributed by atoms with E-state index in [1.165, 1.54) is 11.6 Å². The number of hydrogen-bond acceptors (Lipinski definition) is 2. The van der Waals surface area contributed by atoms with Gasteiger partial charge in [-0.15, -0.1) is 0 Å². The van der Waals surface area contributed by atoms with Crippen molar-refractivity contribution >= 4 is 10.9 Å². The molecule has 3 nitrogen and oxygen atoms in total. The number of nitrogens with two attached hydrogens (primary N) is 1. The molecule has 0 saturated carbocycles. The zero-order valence-corrected chi connectivity index (χ0v) is 9.83. The maximum Gasteiger partial charge on any atom is 0.147 e. The average molecular weight is 233 g/mol. The van der Waals surface area contributed by atoms with Crippen LogP contribution in [0.15, 0.2) is 18.2 Å². The second-order valence-corrected chi connectivity index (χ2v) is 4.66. The first-order chi connectivity index (χ1) is 8.22. The monoisotopic (exact) mass is 233 g/mol. The largest absolute Gasteiger partial charge is 0.354 e. The van der Waals surface area contributed by atoms with Crippen LogP contribution in [0.2, 0.25) is 0 Å². The van der Waals surface area contributed by atoms with Gasteiger partial charge in [0.1, 0.15) is 5.82 Å². The molecular formula is C13H16FN3. The Bertz CT molecular complexity index is 561. The summed E-state index contributed by atoms with van der Waals surface area (Å²) < 4.78 is 13.7. The topological polar surface area (TPSA) is 45.0 Å². The molecule has 1 aromatic carbocycles. The number of benzene rings is 1. The zero-order valence-electron chi connectivity index (χ0n) is 9.83. The molecule has 1 aliphatic heterocycles. The number of aromatic amines is 1. The molecular weight excluding hydrogens is 217 g/mol. The standard InChI is InChI=1S/C13H16FN3/c1-17-6-5-9-8-3-2-4-10(14)12(8)16-13(9)11(17)7-15/h2-4,11,16H,5-7,15H2,1H3. The molecule has 3 rings (SSSR count). The SMILES string of the molecule is CN1CCc2c([nH]c3c(F)cccc23)C1CN. The summed E-state index contributed by atoms with van der Waals surface area (Å²) >= 11 is 0. The number of aromatic nitrogens is 1. The van der Waals surface area contributed by atoms with Crippen molar-refractivity contribution in [2.75, 3.05) is 20.1 Å². The maximum absolute atomic E-state index is 13.7. The molecule has 2 aromatic rings. The van der Waals surface area contributed by atoms with Gasteiger partial charge >= 0.3 is 0 Å². The van der Waals surface area contributed by atoms with Gasteiger partial charge in [0, 0.05) is 24.2 Å². The normalized spacial score (nSPS) is 20.8. The minimum Gasteiger partial charge on any atom is -0.354 e. The highest BCUT2D eigenvalue weighted by Crippen LogP contribution is 2.33. The Kier molecular flexibility index (Phi) is 2.42. The molecule has 3 N–H and O–H groups in total. The lowest BCUT2D eigenvalue weighted by Crippen LogP contribution is -2.36. The highest BCUT2D eigenvalue weighted by molar-refractivity contribution is 5.85. The third-order valence-corrected chi connectivity index (χ3v) is 3.73. The van der Waals surface area contributed by atoms with Crippen LogP contribution in [-0.4, -0.2) is 30.0 Å². The lowest BCUT2D eigenvalue weighted by Gasteiger charge is -2.31. The van der Waals surface area contributed by atoms with E-state index in [1.54, 1.807) is 6.07 Å². The second-order valence-electron chi connectivity index (χ2n) is 4.66. The Hall–Kier alpha value is -1.39. The van der Waals surface area contributed by atoms with E-state index >= 15 is 0 Å². The van der Waals surface area contributed by atoms with Gasteiger partial charge in [0.25, 0.3) is 0 Å². The number of halogens is 1. The van der Waals surface area contributed by atoms with Gasteiger partial charge in [0.15, 0.2) is 0 Å². The average Bonchev–Trinajstić information content (AvgIpc) is 2.69. The highest BCUT2D eigenvalue weighted by Gasteiger charge is 2.27. The Balaban J connectivity index is 2.26. The van der Waals surface area contributed by atoms with Crippen molar-refractivity contribution in [2.45, 2.75) is 12.5 Å². The minimum atomic E-state index is -0.185. The second kappa shape index (κ2) is 3.82. The third-order valence-electron chi connectivity index (χ3n) is 3.73. The van der Waals surface area contributed by atoms with Crippen molar-refractivity contribution in [3.05, 3.63) is 35.3 Å². The molecule has 0 amide bonds. The quantitative estimate of drug-likeness (QED) is 0.788. The number of nitrogens with one attached hydrogen (secondary N) is 1. The Labute approximate surface area is 99.4 Å². The highest BCUT2D eigenvalue weighted by atomic mass is 19.1. The van der Waals surface area contributed by atoms with Crippen LogP contribution >= 0.6 is 0 Å². The van der Waals surface area contributed by atoms with Gasteiger partial charge in [-0.2, -0.15) is 0 Å². The summed E-state index contributed by atoms with van der Waals surface area (Å²) in [5.41, 5.74) is 8.74. The summed E-state index contributed by atoms with van der Waals surface area (Å²) in [5, 5.41) is 1.01. The van der Waals surface area contributed by atoms with Crippen LogP contribution in [-0.2, 0) is 6.42 Å². The van der Waals surface area contributed by atoms with Crippen molar-refractivity contribution in [1.82, 2.24) is 9.88 Å². The Morgan fingerprint density at radius 2 is 2.35 bits per heavy atom. The van der Waals surface area contributed by atoms with Gasteiger partial charge in [0.05, 0.1) is 11.6 Å². The summed E-state index contributed by atoms with van der Waals surface area (Å²) in [6, 6.07) is 5.41. The van der Waals surface area contributed by atoms with Gasteiger partial charge in [0.2, 0.25) is 0 Å². The fourth-order valence-corrected chi connectivity index (χ4v) is 2.77. The van der Waals surface area contributed by atoms with Gasteiger partial charge in [-0.3, -0.25) is 4.90 Å². The summed E-state index contributed by atoms with van der Waals surface area (Å²) in [6.07, 6.45) is 0.950. The lowest BCUT2D eigenvalue weighted by atomic mass is 9.98. The number of fused-ring (bicyclic) bond motifs is 3. The number of H-pyrrole nitrogens is 1. The fourth-order valence-electron chi connectivity index (χ4n) is 2.77. The van der Waals surface area contributed by atoms with E-state index in [2.05, 4.69) is 16.9 Å². The zero-order chi connectivity index (χ0) is 12.0. The minimum absolute atomic E-state index is 0.172. The Morgan fingerprint density at radius 3 is 3.12 bits per heavy atom. The molecule has 0 fully saturated rings. The number of rotatable bonds is 1. The molecule has 0 bridgehead atoms. The van der Waals surface area contributed by atoms with Gasteiger partial charge in [-0.05, 0) is 25.1 Å². The number of hydrogen-bond donors (Lipinski definition) is 2. The predicted molar refractivity (Wildman–Crippen MR) is 66.4 cm³/mol. The molecule has 4 heteroatoms. The summed E-state index contributed by atoms with van der Waals surface area (Å²) in [4.78, 5) is 5.44. The Morgan fingerprint density at radius 1 is 1.53 bits per heavy atom. The molecule has 0 aliphatic carbocycles. The van der Waals surface area contributed by atoms with Crippen LogP contribution in [0, 0.1) is 5.82 Å². The molecule has 2 heterocycles. The molecule has 0 saturated heterocycles.